The van der Waals surface area contributed by atoms with Crippen molar-refractivity contribution >= 4 is 39.1 Å². The second kappa shape index (κ2) is 8.41. The predicted molar refractivity (Wildman–Crippen MR) is 110 cm³/mol. The number of likely N-dealkylation sites (tertiary alicyclic amines) is 1. The van der Waals surface area contributed by atoms with Crippen molar-refractivity contribution in [3.8, 4) is 0 Å². The van der Waals surface area contributed by atoms with Gasteiger partial charge in [0.1, 0.15) is 10.7 Å². The predicted octanol–water partition coefficient (Wildman–Crippen LogP) is 2.70. The molecule has 3 heterocycles. The van der Waals surface area contributed by atoms with Crippen LogP contribution in [-0.2, 0) is 26.2 Å². The molecule has 8 nitrogen and oxygen atoms in total. The molecule has 2 aliphatic rings. The van der Waals surface area contributed by atoms with E-state index in [-0.39, 0.29) is 34.7 Å². The molecule has 2 aromatic rings. The van der Waals surface area contributed by atoms with Crippen LogP contribution in [0.25, 0.3) is 0 Å². The number of benzene rings is 1. The number of carbonyl (C=O) groups excluding carboxylic acids is 2. The first-order valence-electron chi connectivity index (χ1n) is 9.75. The van der Waals surface area contributed by atoms with Gasteiger partial charge in [-0.3, -0.25) is 9.59 Å². The lowest BCUT2D eigenvalue weighted by molar-refractivity contribution is -0.128. The molecule has 1 aromatic heterocycles. The number of nitrogens with zero attached hydrogens (tertiary/aromatic N) is 2. The Morgan fingerprint density at radius 1 is 1.23 bits per heavy atom. The Bertz CT molecular complexity index is 1050. The van der Waals surface area contributed by atoms with Gasteiger partial charge in [-0.15, -0.1) is 0 Å². The molecule has 1 aromatic carbocycles. The molecule has 30 heavy (non-hydrogen) atoms. The molecule has 1 atom stereocenters. The zero-order chi connectivity index (χ0) is 21.3. The van der Waals surface area contributed by atoms with E-state index in [1.54, 1.807) is 23.1 Å². The van der Waals surface area contributed by atoms with Crippen LogP contribution in [0.3, 0.4) is 0 Å². The van der Waals surface area contributed by atoms with E-state index in [1.807, 2.05) is 0 Å². The second-order valence-corrected chi connectivity index (χ2v) is 9.81. The highest BCUT2D eigenvalue weighted by Gasteiger charge is 2.35. The molecule has 0 radical (unpaired) electrons. The fraction of sp³-hybridized carbons (Fsp3) is 0.400. The quantitative estimate of drug-likeness (QED) is 0.727. The number of hydrogen-bond acceptors (Lipinski definition) is 5. The van der Waals surface area contributed by atoms with Crippen molar-refractivity contribution in [2.75, 3.05) is 25.0 Å². The lowest BCUT2D eigenvalue weighted by Gasteiger charge is -2.18. The van der Waals surface area contributed by atoms with Crippen LogP contribution >= 0.6 is 11.6 Å². The SMILES string of the molecule is O=C(Nc1ccc(Cl)c(S(=O)(=O)N2CCCC2)c1)[C@H]1CC(=O)N(Cc2ccco2)C1. The average molecular weight is 452 g/mol. The van der Waals surface area contributed by atoms with E-state index in [4.69, 9.17) is 16.0 Å². The van der Waals surface area contributed by atoms with Gasteiger partial charge in [0.05, 0.1) is 23.7 Å². The van der Waals surface area contributed by atoms with Crippen LogP contribution in [0.5, 0.6) is 0 Å². The van der Waals surface area contributed by atoms with Gasteiger partial charge in [-0.25, -0.2) is 8.42 Å². The molecule has 0 bridgehead atoms. The summed E-state index contributed by atoms with van der Waals surface area (Å²) in [6.45, 7) is 1.52. The third-order valence-electron chi connectivity index (χ3n) is 5.39. The van der Waals surface area contributed by atoms with Crippen molar-refractivity contribution in [3.63, 3.8) is 0 Å². The standard InChI is InChI=1S/C20H22ClN3O5S/c21-17-6-5-15(11-18(17)30(27,28)24-7-1-2-8-24)22-20(26)14-10-19(25)23(12-14)13-16-4-3-9-29-16/h3-6,9,11,14H,1-2,7-8,10,12-13H2,(H,22,26)/t14-/m0/s1. The maximum Gasteiger partial charge on any atom is 0.244 e. The first kappa shape index (κ1) is 20.9. The molecule has 0 aliphatic carbocycles. The lowest BCUT2D eigenvalue weighted by Crippen LogP contribution is -2.29. The normalized spacial score (nSPS) is 20.1. The number of halogens is 1. The minimum atomic E-state index is -3.72. The van der Waals surface area contributed by atoms with Crippen molar-refractivity contribution in [2.45, 2.75) is 30.7 Å². The van der Waals surface area contributed by atoms with Crippen molar-refractivity contribution < 1.29 is 22.4 Å². The molecule has 2 amide bonds. The number of sulfonamides is 1. The summed E-state index contributed by atoms with van der Waals surface area (Å²) < 4.78 is 32.4. The van der Waals surface area contributed by atoms with E-state index in [2.05, 4.69) is 5.32 Å². The number of furan rings is 1. The van der Waals surface area contributed by atoms with Crippen LogP contribution in [-0.4, -0.2) is 49.1 Å². The molecule has 0 unspecified atom stereocenters. The Kier molecular flexibility index (Phi) is 5.86. The fourth-order valence-electron chi connectivity index (χ4n) is 3.78. The van der Waals surface area contributed by atoms with Crippen LogP contribution in [0.4, 0.5) is 5.69 Å². The summed E-state index contributed by atoms with van der Waals surface area (Å²) in [5.74, 6) is -0.335. The second-order valence-electron chi connectivity index (χ2n) is 7.50. The van der Waals surface area contributed by atoms with Gasteiger partial charge in [0.25, 0.3) is 0 Å². The first-order valence-corrected chi connectivity index (χ1v) is 11.6. The minimum absolute atomic E-state index is 0.0224. The van der Waals surface area contributed by atoms with Crippen LogP contribution in [0.1, 0.15) is 25.0 Å². The van der Waals surface area contributed by atoms with Gasteiger partial charge in [-0.1, -0.05) is 11.6 Å². The van der Waals surface area contributed by atoms with Crippen molar-refractivity contribution in [2.24, 2.45) is 5.92 Å². The Balaban J connectivity index is 1.45. The molecule has 10 heteroatoms. The smallest absolute Gasteiger partial charge is 0.244 e. The summed E-state index contributed by atoms with van der Waals surface area (Å²) in [7, 11) is -3.72. The molecule has 0 saturated carbocycles. The number of rotatable bonds is 6. The van der Waals surface area contributed by atoms with Gasteiger partial charge < -0.3 is 14.6 Å². The maximum absolute atomic E-state index is 12.9. The molecule has 0 spiro atoms. The van der Waals surface area contributed by atoms with E-state index < -0.39 is 15.9 Å². The van der Waals surface area contributed by atoms with Gasteiger partial charge in [-0.2, -0.15) is 4.31 Å². The van der Waals surface area contributed by atoms with Gasteiger partial charge in [0.15, 0.2) is 0 Å². The van der Waals surface area contributed by atoms with Gasteiger partial charge >= 0.3 is 0 Å². The van der Waals surface area contributed by atoms with Crippen LogP contribution in [0, 0.1) is 5.92 Å². The van der Waals surface area contributed by atoms with Crippen LogP contribution in [0.15, 0.2) is 45.9 Å². The van der Waals surface area contributed by atoms with Gasteiger partial charge in [0.2, 0.25) is 21.8 Å². The molecule has 2 aliphatic heterocycles. The Hall–Kier alpha value is -2.36. The summed E-state index contributed by atoms with van der Waals surface area (Å²) in [6.07, 6.45) is 3.27. The highest BCUT2D eigenvalue weighted by molar-refractivity contribution is 7.89. The Morgan fingerprint density at radius 2 is 2.00 bits per heavy atom. The first-order chi connectivity index (χ1) is 14.3. The summed E-state index contributed by atoms with van der Waals surface area (Å²) in [6, 6.07) is 7.92. The summed E-state index contributed by atoms with van der Waals surface area (Å²) in [4.78, 5) is 26.5. The average Bonchev–Trinajstić information content (AvgIpc) is 3.47. The lowest BCUT2D eigenvalue weighted by atomic mass is 10.1. The summed E-state index contributed by atoms with van der Waals surface area (Å²) in [5, 5.41) is 2.84. The van der Waals surface area contributed by atoms with E-state index in [9.17, 15) is 18.0 Å². The molecular weight excluding hydrogens is 430 g/mol. The number of carbonyl (C=O) groups is 2. The molecule has 1 N–H and O–H groups in total. The van der Waals surface area contributed by atoms with Crippen molar-refractivity contribution in [3.05, 3.63) is 47.4 Å². The number of anilines is 1. The molecule has 4 rings (SSSR count). The minimum Gasteiger partial charge on any atom is -0.467 e. The van der Waals surface area contributed by atoms with Crippen molar-refractivity contribution in [1.82, 2.24) is 9.21 Å². The largest absolute Gasteiger partial charge is 0.467 e. The van der Waals surface area contributed by atoms with Gasteiger partial charge in [0, 0.05) is 31.7 Å². The zero-order valence-corrected chi connectivity index (χ0v) is 17.8. The van der Waals surface area contributed by atoms with Crippen molar-refractivity contribution in [1.29, 1.82) is 0 Å². The maximum atomic E-state index is 12.9. The van der Waals surface area contributed by atoms with E-state index in [1.165, 1.54) is 22.7 Å². The van der Waals surface area contributed by atoms with E-state index in [0.717, 1.165) is 12.8 Å². The summed E-state index contributed by atoms with van der Waals surface area (Å²) >= 11 is 6.15. The number of hydrogen-bond donors (Lipinski definition) is 1. The van der Waals surface area contributed by atoms with Crippen LogP contribution < -0.4 is 5.32 Å². The van der Waals surface area contributed by atoms with Crippen LogP contribution in [0.2, 0.25) is 5.02 Å². The Labute approximate surface area is 179 Å². The topological polar surface area (TPSA) is 99.9 Å². The molecule has 2 fully saturated rings. The third-order valence-corrected chi connectivity index (χ3v) is 7.77. The van der Waals surface area contributed by atoms with E-state index in [0.29, 0.717) is 31.1 Å². The molecular formula is C20H22ClN3O5S. The molecule has 160 valence electrons. The van der Waals surface area contributed by atoms with Gasteiger partial charge in [-0.05, 0) is 43.2 Å². The molecule has 2 saturated heterocycles. The number of nitrogens with one attached hydrogen (secondary N) is 1. The monoisotopic (exact) mass is 451 g/mol. The third kappa shape index (κ3) is 4.23. The number of amides is 2. The Morgan fingerprint density at radius 3 is 2.70 bits per heavy atom. The fourth-order valence-corrected chi connectivity index (χ4v) is 5.80. The highest BCUT2D eigenvalue weighted by atomic mass is 35.5. The summed E-state index contributed by atoms with van der Waals surface area (Å²) in [5.41, 5.74) is 0.333. The zero-order valence-electron chi connectivity index (χ0n) is 16.2. The van der Waals surface area contributed by atoms with E-state index >= 15 is 0 Å². The highest BCUT2D eigenvalue weighted by Crippen LogP contribution is 2.30.